The number of aromatic nitrogens is 2. The van der Waals surface area contributed by atoms with Crippen LogP contribution in [-0.4, -0.2) is 67.3 Å². The lowest BCUT2D eigenvalue weighted by Crippen LogP contribution is -2.35. The van der Waals surface area contributed by atoms with Gasteiger partial charge in [-0.3, -0.25) is 4.57 Å². The van der Waals surface area contributed by atoms with Crippen LogP contribution in [0.2, 0.25) is 0 Å². The number of alkyl halides is 2. The van der Waals surface area contributed by atoms with Gasteiger partial charge in [-0.25, -0.2) is 13.6 Å². The number of hydrogen-bond donors (Lipinski definition) is 2. The average Bonchev–Trinajstić information content (AvgIpc) is 2.85. The van der Waals surface area contributed by atoms with Crippen LogP contribution in [0.3, 0.4) is 0 Å². The molecule has 2 heterocycles. The third kappa shape index (κ3) is 7.58. The lowest BCUT2D eigenvalue weighted by Gasteiger charge is -2.44. The molecular weight excluding hydrogens is 460 g/mol. The topological polar surface area (TPSA) is 99.6 Å². The molecular formula is C21H41F2N3O4S2. The Morgan fingerprint density at radius 2 is 1.72 bits per heavy atom. The third-order valence-electron chi connectivity index (χ3n) is 5.81. The molecule has 7 nitrogen and oxygen atoms in total. The van der Waals surface area contributed by atoms with Crippen LogP contribution in [0, 0.1) is 0 Å². The van der Waals surface area contributed by atoms with E-state index in [1.165, 1.54) is 12.3 Å². The summed E-state index contributed by atoms with van der Waals surface area (Å²) in [6.07, 6.45) is 5.99. The Bertz CT molecular complexity index is 816. The van der Waals surface area contributed by atoms with Crippen LogP contribution in [0.1, 0.15) is 54.2 Å². The molecule has 190 valence electrons. The number of ether oxygens (including phenoxy) is 1. The van der Waals surface area contributed by atoms with Gasteiger partial charge < -0.3 is 19.2 Å². The summed E-state index contributed by atoms with van der Waals surface area (Å²) < 4.78 is 50.1. The first-order valence-electron chi connectivity index (χ1n) is 10.3. The lowest BCUT2D eigenvalue weighted by atomic mass is 10.2. The number of anilines is 1. The molecule has 0 amide bonds. The summed E-state index contributed by atoms with van der Waals surface area (Å²) in [7, 11) is -2.78. The van der Waals surface area contributed by atoms with Gasteiger partial charge in [-0.05, 0) is 31.1 Å². The molecule has 2 rings (SSSR count). The van der Waals surface area contributed by atoms with E-state index in [2.05, 4.69) is 46.5 Å². The van der Waals surface area contributed by atoms with Crippen molar-refractivity contribution in [2.75, 3.05) is 37.4 Å². The van der Waals surface area contributed by atoms with Crippen molar-refractivity contribution >= 4 is 26.4 Å². The maximum absolute atomic E-state index is 14.3. The molecule has 1 aromatic heterocycles. The Morgan fingerprint density at radius 3 is 2.12 bits per heavy atom. The quantitative estimate of drug-likeness (QED) is 0.611. The standard InChI is InChI=1S/C15H25F2N3O3S.C6H16OS/c1-14(2,3)24(4,5)22-9-10-8-15(16,17)12(23-10)20-7-6-11(18)19-13(20)21;1-6(2,3)8(4,5)7/h6-7,10,12H,8-9H2,1-5H3,(H2,18,19,21);7H,1-5H3/t10?,12-;/m1./s1. The summed E-state index contributed by atoms with van der Waals surface area (Å²) in [4.78, 5) is 15.3. The van der Waals surface area contributed by atoms with Gasteiger partial charge in [0.25, 0.3) is 5.92 Å². The van der Waals surface area contributed by atoms with Crippen LogP contribution >= 0.6 is 20.6 Å². The average molecular weight is 502 g/mol. The van der Waals surface area contributed by atoms with E-state index in [1.54, 1.807) is 0 Å². The van der Waals surface area contributed by atoms with Crippen LogP contribution in [-0.2, 0) is 8.92 Å². The Balaban J connectivity index is 0.000000547. The second-order valence-electron chi connectivity index (χ2n) is 10.6. The summed E-state index contributed by atoms with van der Waals surface area (Å²) in [6, 6.07) is 1.29. The molecule has 0 spiro atoms. The van der Waals surface area contributed by atoms with Crippen molar-refractivity contribution in [1.82, 2.24) is 9.55 Å². The summed E-state index contributed by atoms with van der Waals surface area (Å²) >= 11 is 0. The molecule has 1 aliphatic rings. The first kappa shape index (κ1) is 29.2. The smallest absolute Gasteiger partial charge is 0.351 e. The van der Waals surface area contributed by atoms with E-state index in [9.17, 15) is 18.1 Å². The van der Waals surface area contributed by atoms with Crippen molar-refractivity contribution in [3.8, 4) is 0 Å². The maximum atomic E-state index is 14.3. The normalized spacial score (nSPS) is 22.8. The second-order valence-corrected chi connectivity index (χ2v) is 18.3. The fourth-order valence-electron chi connectivity index (χ4n) is 2.13. The molecule has 1 saturated heterocycles. The zero-order chi connectivity index (χ0) is 25.3. The van der Waals surface area contributed by atoms with Gasteiger partial charge in [0.15, 0.2) is 0 Å². The molecule has 1 unspecified atom stereocenters. The van der Waals surface area contributed by atoms with Crippen LogP contribution in [0.4, 0.5) is 14.6 Å². The minimum Gasteiger partial charge on any atom is -0.383 e. The van der Waals surface area contributed by atoms with Crippen molar-refractivity contribution in [2.45, 2.75) is 75.7 Å². The molecule has 1 fully saturated rings. The van der Waals surface area contributed by atoms with Crippen molar-refractivity contribution in [1.29, 1.82) is 0 Å². The van der Waals surface area contributed by atoms with Gasteiger partial charge in [0.05, 0.1) is 12.7 Å². The fraction of sp³-hybridized carbons (Fsp3) is 0.810. The summed E-state index contributed by atoms with van der Waals surface area (Å²) in [6.45, 7) is 12.4. The first-order valence-corrected chi connectivity index (χ1v) is 15.1. The fourth-order valence-corrected chi connectivity index (χ4v) is 2.97. The Morgan fingerprint density at radius 1 is 1.22 bits per heavy atom. The van der Waals surface area contributed by atoms with E-state index >= 15 is 0 Å². The van der Waals surface area contributed by atoms with Crippen LogP contribution in [0.15, 0.2) is 17.1 Å². The van der Waals surface area contributed by atoms with E-state index in [0.717, 1.165) is 4.57 Å². The molecule has 2 atom stereocenters. The predicted octanol–water partition coefficient (Wildman–Crippen LogP) is 4.86. The van der Waals surface area contributed by atoms with Crippen LogP contribution < -0.4 is 11.4 Å². The highest BCUT2D eigenvalue weighted by molar-refractivity contribution is 8.29. The van der Waals surface area contributed by atoms with E-state index in [1.807, 2.05) is 25.0 Å². The highest BCUT2D eigenvalue weighted by Crippen LogP contribution is 2.54. The van der Waals surface area contributed by atoms with Gasteiger partial charge in [-0.1, -0.05) is 41.5 Å². The Kier molecular flexibility index (Phi) is 8.90. The first-order chi connectivity index (χ1) is 14.1. The monoisotopic (exact) mass is 501 g/mol. The predicted molar refractivity (Wildman–Crippen MR) is 133 cm³/mol. The van der Waals surface area contributed by atoms with Crippen LogP contribution in [0.5, 0.6) is 0 Å². The molecule has 0 radical (unpaired) electrons. The number of rotatable bonds is 4. The van der Waals surface area contributed by atoms with E-state index in [0.29, 0.717) is 0 Å². The summed E-state index contributed by atoms with van der Waals surface area (Å²) in [5, 5.41) is 0. The Hall–Kier alpha value is -0.880. The SMILES string of the molecule is CC(C)(C)S(C)(C)O.CC(C)(C)S(C)(C)OCC1CC(F)(F)[C@H](n2ccc(N)nc2=O)O1. The summed E-state index contributed by atoms with van der Waals surface area (Å²) in [5.41, 5.74) is 4.53. The van der Waals surface area contributed by atoms with E-state index in [4.69, 9.17) is 14.7 Å². The van der Waals surface area contributed by atoms with Gasteiger partial charge in [-0.2, -0.15) is 4.98 Å². The van der Waals surface area contributed by atoms with Gasteiger partial charge >= 0.3 is 5.69 Å². The highest BCUT2D eigenvalue weighted by Gasteiger charge is 2.52. The highest BCUT2D eigenvalue weighted by atomic mass is 32.3. The second kappa shape index (κ2) is 9.77. The number of hydrogen-bond acceptors (Lipinski definition) is 6. The molecule has 0 aromatic carbocycles. The van der Waals surface area contributed by atoms with E-state index < -0.39 is 51.0 Å². The summed E-state index contributed by atoms with van der Waals surface area (Å²) in [5.74, 6) is -3.20. The number of nitrogens with two attached hydrogens (primary N) is 1. The molecule has 3 N–H and O–H groups in total. The zero-order valence-corrected chi connectivity index (χ0v) is 22.6. The number of halogens is 2. The largest absolute Gasteiger partial charge is 0.383 e. The molecule has 1 aliphatic heterocycles. The van der Waals surface area contributed by atoms with Gasteiger partial charge in [0, 0.05) is 22.1 Å². The van der Waals surface area contributed by atoms with Gasteiger partial charge in [-0.15, -0.1) is 20.6 Å². The lowest BCUT2D eigenvalue weighted by molar-refractivity contribution is -0.119. The minimum atomic E-state index is -3.18. The van der Waals surface area contributed by atoms with Crippen LogP contribution in [0.25, 0.3) is 0 Å². The number of nitrogens with zero attached hydrogens (tertiary/aromatic N) is 2. The number of nitrogen functional groups attached to an aromatic ring is 1. The maximum Gasteiger partial charge on any atom is 0.351 e. The van der Waals surface area contributed by atoms with Crippen molar-refractivity contribution in [2.24, 2.45) is 0 Å². The molecule has 0 saturated carbocycles. The third-order valence-corrected chi connectivity index (χ3v) is 12.5. The van der Waals surface area contributed by atoms with Gasteiger partial charge in [0.2, 0.25) is 6.23 Å². The van der Waals surface area contributed by atoms with E-state index in [-0.39, 0.29) is 21.9 Å². The molecule has 0 aliphatic carbocycles. The zero-order valence-electron chi connectivity index (χ0n) is 20.9. The Labute approximate surface area is 194 Å². The van der Waals surface area contributed by atoms with Gasteiger partial charge in [0.1, 0.15) is 5.82 Å². The van der Waals surface area contributed by atoms with Crippen molar-refractivity contribution in [3.63, 3.8) is 0 Å². The van der Waals surface area contributed by atoms with Crippen molar-refractivity contribution < 1.29 is 22.3 Å². The minimum absolute atomic E-state index is 0.0204. The molecule has 1 aromatic rings. The van der Waals surface area contributed by atoms with Crippen molar-refractivity contribution in [3.05, 3.63) is 22.7 Å². The molecule has 11 heteroatoms. The molecule has 0 bridgehead atoms. The molecule has 32 heavy (non-hydrogen) atoms.